The molecule has 1 heterocycles. The summed E-state index contributed by atoms with van der Waals surface area (Å²) >= 11 is 1.84. The maximum Gasteiger partial charge on any atom is 0.227 e. The molecule has 7 heteroatoms. The van der Waals surface area contributed by atoms with Crippen molar-refractivity contribution in [3.05, 3.63) is 51.7 Å². The van der Waals surface area contributed by atoms with Gasteiger partial charge in [-0.25, -0.2) is 0 Å². The lowest BCUT2D eigenvalue weighted by Crippen LogP contribution is -2.42. The van der Waals surface area contributed by atoms with Crippen LogP contribution in [0.2, 0.25) is 0 Å². The minimum Gasteiger partial charge on any atom is -0.354 e. The lowest BCUT2D eigenvalue weighted by molar-refractivity contribution is -0.122. The van der Waals surface area contributed by atoms with Gasteiger partial charge in [-0.1, -0.05) is 18.6 Å². The zero-order chi connectivity index (χ0) is 19.9. The first-order valence-corrected chi connectivity index (χ1v) is 10.8. The molecule has 1 aliphatic carbocycles. The Labute approximate surface area is 194 Å². The second kappa shape index (κ2) is 11.5. The van der Waals surface area contributed by atoms with Crippen molar-refractivity contribution in [3.8, 4) is 0 Å². The minimum atomic E-state index is 0. The van der Waals surface area contributed by atoms with Crippen LogP contribution in [0.25, 0.3) is 0 Å². The molecule has 3 N–H and O–H groups in total. The van der Waals surface area contributed by atoms with E-state index in [1.54, 1.807) is 7.05 Å². The Bertz CT molecular complexity index is 832. The van der Waals surface area contributed by atoms with Crippen molar-refractivity contribution in [1.29, 1.82) is 0 Å². The largest absolute Gasteiger partial charge is 0.354 e. The van der Waals surface area contributed by atoms with Crippen LogP contribution >= 0.6 is 35.3 Å². The number of aryl methyl sites for hydroxylation is 1. The van der Waals surface area contributed by atoms with Crippen molar-refractivity contribution in [1.82, 2.24) is 10.6 Å². The highest BCUT2D eigenvalue weighted by atomic mass is 127. The van der Waals surface area contributed by atoms with Gasteiger partial charge in [0.15, 0.2) is 5.96 Å². The molecule has 1 fully saturated rings. The highest BCUT2D eigenvalue weighted by Crippen LogP contribution is 2.27. The number of amides is 1. The van der Waals surface area contributed by atoms with Crippen LogP contribution in [0, 0.1) is 12.8 Å². The number of guanidine groups is 1. The van der Waals surface area contributed by atoms with Gasteiger partial charge in [-0.2, -0.15) is 0 Å². The van der Waals surface area contributed by atoms with Gasteiger partial charge in [0.25, 0.3) is 0 Å². The number of rotatable bonds is 7. The van der Waals surface area contributed by atoms with Crippen molar-refractivity contribution in [2.45, 2.75) is 52.1 Å². The summed E-state index contributed by atoms with van der Waals surface area (Å²) in [5.74, 6) is 1.12. The molecule has 0 spiro atoms. The molecule has 0 saturated heterocycles. The molecule has 0 aliphatic heterocycles. The summed E-state index contributed by atoms with van der Waals surface area (Å²) in [6.45, 7) is 4.95. The summed E-state index contributed by atoms with van der Waals surface area (Å²) in [6, 6.07) is 12.6. The first-order valence-electron chi connectivity index (χ1n) is 9.96. The van der Waals surface area contributed by atoms with E-state index < -0.39 is 0 Å². The standard InChI is InChI=1S/C22H30N4OS.HI/c1-15(12-20-11-10-16(2)28-20)25-22(23-3)24-14-17-6-4-9-19(13-17)26-21(27)18-7-5-8-18;/h4,6,9-11,13,15,18H,5,7-8,12,14H2,1-3H3,(H,26,27)(H2,23,24,25);1H. The molecule has 1 amide bonds. The fourth-order valence-electron chi connectivity index (χ4n) is 3.24. The summed E-state index contributed by atoms with van der Waals surface area (Å²) in [4.78, 5) is 19.2. The minimum absolute atomic E-state index is 0. The van der Waals surface area contributed by atoms with Crippen LogP contribution in [0.4, 0.5) is 5.69 Å². The molecule has 2 aromatic rings. The van der Waals surface area contributed by atoms with Crippen molar-refractivity contribution < 1.29 is 4.79 Å². The van der Waals surface area contributed by atoms with Gasteiger partial charge < -0.3 is 16.0 Å². The van der Waals surface area contributed by atoms with Crippen LogP contribution in [0.1, 0.15) is 41.5 Å². The predicted molar refractivity (Wildman–Crippen MR) is 133 cm³/mol. The molecule has 5 nitrogen and oxygen atoms in total. The molecule has 1 saturated carbocycles. The Morgan fingerprint density at radius 3 is 2.69 bits per heavy atom. The van der Waals surface area contributed by atoms with E-state index in [0.29, 0.717) is 6.54 Å². The van der Waals surface area contributed by atoms with Gasteiger partial charge in [0.2, 0.25) is 5.91 Å². The topological polar surface area (TPSA) is 65.5 Å². The first kappa shape index (κ1) is 23.7. The Balaban J connectivity index is 0.00000300. The Morgan fingerprint density at radius 1 is 1.28 bits per heavy atom. The van der Waals surface area contributed by atoms with Gasteiger partial charge in [0.05, 0.1) is 0 Å². The maximum absolute atomic E-state index is 12.1. The summed E-state index contributed by atoms with van der Waals surface area (Å²) < 4.78 is 0. The monoisotopic (exact) mass is 526 g/mol. The van der Waals surface area contributed by atoms with Crippen molar-refractivity contribution in [2.75, 3.05) is 12.4 Å². The van der Waals surface area contributed by atoms with Gasteiger partial charge in [0.1, 0.15) is 0 Å². The number of thiophene rings is 1. The quantitative estimate of drug-likeness (QED) is 0.278. The SMILES string of the molecule is CN=C(NCc1cccc(NC(=O)C2CCC2)c1)NC(C)Cc1ccc(C)s1.I. The molecule has 1 unspecified atom stereocenters. The molecule has 29 heavy (non-hydrogen) atoms. The normalized spacial score (nSPS) is 15.1. The fourth-order valence-corrected chi connectivity index (χ4v) is 4.25. The van der Waals surface area contributed by atoms with Gasteiger partial charge in [0, 0.05) is 47.4 Å². The third-order valence-electron chi connectivity index (χ3n) is 5.04. The number of benzene rings is 1. The Morgan fingerprint density at radius 2 is 2.07 bits per heavy atom. The van der Waals surface area contributed by atoms with E-state index in [-0.39, 0.29) is 41.8 Å². The lowest BCUT2D eigenvalue weighted by Gasteiger charge is -2.24. The highest BCUT2D eigenvalue weighted by molar-refractivity contribution is 14.0. The van der Waals surface area contributed by atoms with Crippen LogP contribution in [0.5, 0.6) is 0 Å². The Hall–Kier alpha value is -1.61. The van der Waals surface area contributed by atoms with E-state index in [1.807, 2.05) is 29.5 Å². The number of hydrogen-bond donors (Lipinski definition) is 3. The number of nitrogens with zero attached hydrogens (tertiary/aromatic N) is 1. The predicted octanol–water partition coefficient (Wildman–Crippen LogP) is 4.71. The third kappa shape index (κ3) is 7.29. The van der Waals surface area contributed by atoms with Crippen LogP contribution in [0.15, 0.2) is 41.4 Å². The van der Waals surface area contributed by atoms with Crippen molar-refractivity contribution in [3.63, 3.8) is 0 Å². The molecule has 158 valence electrons. The van der Waals surface area contributed by atoms with E-state index in [0.717, 1.165) is 36.5 Å². The molecule has 0 bridgehead atoms. The number of anilines is 1. The van der Waals surface area contributed by atoms with Gasteiger partial charge in [-0.05, 0) is 56.5 Å². The number of nitrogens with one attached hydrogen (secondary N) is 3. The van der Waals surface area contributed by atoms with Gasteiger partial charge in [-0.3, -0.25) is 9.79 Å². The van der Waals surface area contributed by atoms with Crippen molar-refractivity contribution >= 4 is 52.9 Å². The first-order chi connectivity index (χ1) is 13.5. The number of aliphatic imine (C=N–C) groups is 1. The van der Waals surface area contributed by atoms with Crippen LogP contribution in [-0.4, -0.2) is 25.0 Å². The smallest absolute Gasteiger partial charge is 0.227 e. The molecular formula is C22H31IN4OS. The van der Waals surface area contributed by atoms with Crippen LogP contribution in [-0.2, 0) is 17.8 Å². The highest BCUT2D eigenvalue weighted by Gasteiger charge is 2.25. The zero-order valence-electron chi connectivity index (χ0n) is 17.3. The van der Waals surface area contributed by atoms with Gasteiger partial charge >= 0.3 is 0 Å². The van der Waals surface area contributed by atoms with Crippen molar-refractivity contribution in [2.24, 2.45) is 10.9 Å². The molecular weight excluding hydrogens is 495 g/mol. The van der Waals surface area contributed by atoms with E-state index >= 15 is 0 Å². The molecule has 1 aromatic heterocycles. The number of hydrogen-bond acceptors (Lipinski definition) is 3. The van der Waals surface area contributed by atoms with Crippen LogP contribution < -0.4 is 16.0 Å². The Kier molecular flexibility index (Phi) is 9.42. The second-order valence-electron chi connectivity index (χ2n) is 7.51. The summed E-state index contributed by atoms with van der Waals surface area (Å²) in [5.41, 5.74) is 1.97. The maximum atomic E-state index is 12.1. The van der Waals surface area contributed by atoms with Crippen LogP contribution in [0.3, 0.4) is 0 Å². The average molecular weight is 526 g/mol. The lowest BCUT2D eigenvalue weighted by atomic mass is 9.85. The molecule has 1 aromatic carbocycles. The molecule has 1 aliphatic rings. The fraction of sp³-hybridized carbons (Fsp3) is 0.455. The third-order valence-corrected chi connectivity index (χ3v) is 6.06. The average Bonchev–Trinajstić information content (AvgIpc) is 3.02. The number of carbonyl (C=O) groups excluding carboxylic acids is 1. The summed E-state index contributed by atoms with van der Waals surface area (Å²) in [6.07, 6.45) is 4.16. The molecule has 0 radical (unpaired) electrons. The second-order valence-corrected chi connectivity index (χ2v) is 8.88. The van der Waals surface area contributed by atoms with E-state index in [2.05, 4.69) is 53.0 Å². The van der Waals surface area contributed by atoms with E-state index in [4.69, 9.17) is 0 Å². The van der Waals surface area contributed by atoms with E-state index in [9.17, 15) is 4.79 Å². The zero-order valence-corrected chi connectivity index (χ0v) is 20.5. The summed E-state index contributed by atoms with van der Waals surface area (Å²) in [5, 5.41) is 9.85. The number of halogens is 1. The summed E-state index contributed by atoms with van der Waals surface area (Å²) in [7, 11) is 1.78. The molecule has 1 atom stereocenters. The molecule has 3 rings (SSSR count). The van der Waals surface area contributed by atoms with E-state index in [1.165, 1.54) is 16.2 Å². The van der Waals surface area contributed by atoms with Gasteiger partial charge in [-0.15, -0.1) is 35.3 Å². The number of carbonyl (C=O) groups is 1.